The number of carbonyl (C=O) groups excluding carboxylic acids is 1. The number of rotatable bonds is 16. The fourth-order valence-corrected chi connectivity index (χ4v) is 4.22. The molecule has 0 aliphatic carbocycles. The second-order valence-electron chi connectivity index (χ2n) is 8.98. The van der Waals surface area contributed by atoms with Crippen LogP contribution in [0, 0.1) is 3.57 Å². The minimum absolute atomic E-state index is 0.0345. The molecule has 36 heavy (non-hydrogen) atoms. The largest absolute Gasteiger partial charge is 0.490 e. The summed E-state index contributed by atoms with van der Waals surface area (Å²) in [4.78, 5) is 12.5. The van der Waals surface area contributed by atoms with E-state index in [1.165, 1.54) is 57.1 Å². The number of nitrogens with one attached hydrogen (secondary N) is 1. The molecule has 2 aromatic rings. The third-order valence-electron chi connectivity index (χ3n) is 5.85. The Morgan fingerprint density at radius 2 is 1.53 bits per heavy atom. The molecule has 0 fully saturated rings. The van der Waals surface area contributed by atoms with Gasteiger partial charge >= 0.3 is 12.3 Å². The molecule has 0 aliphatic heterocycles. The maximum Gasteiger partial charge on any atom is 0.416 e. The van der Waals surface area contributed by atoms with Crippen molar-refractivity contribution in [2.75, 3.05) is 11.9 Å². The first-order chi connectivity index (χ1) is 17.3. The number of hydrogen-bond acceptors (Lipinski definition) is 3. The van der Waals surface area contributed by atoms with Gasteiger partial charge in [-0.25, -0.2) is 4.79 Å². The van der Waals surface area contributed by atoms with Crippen LogP contribution in [0.3, 0.4) is 0 Å². The van der Waals surface area contributed by atoms with Gasteiger partial charge in [0.1, 0.15) is 18.5 Å². The number of carbonyl (C=O) groups is 1. The van der Waals surface area contributed by atoms with E-state index in [0.717, 1.165) is 35.0 Å². The topological polar surface area (TPSA) is 47.6 Å². The molecule has 8 heteroatoms. The van der Waals surface area contributed by atoms with E-state index in [4.69, 9.17) is 9.47 Å². The number of benzene rings is 2. The van der Waals surface area contributed by atoms with Crippen LogP contribution in [0.1, 0.15) is 83.1 Å². The van der Waals surface area contributed by atoms with Crippen LogP contribution in [0.4, 0.5) is 23.7 Å². The Hall–Kier alpha value is -1.97. The third-order valence-corrected chi connectivity index (χ3v) is 6.63. The second-order valence-corrected chi connectivity index (χ2v) is 10.3. The van der Waals surface area contributed by atoms with Crippen LogP contribution in [-0.2, 0) is 10.9 Å². The van der Waals surface area contributed by atoms with Crippen molar-refractivity contribution in [1.82, 2.24) is 0 Å². The fraction of sp³-hybridized carbons (Fsp3) is 0.536. The minimum Gasteiger partial charge on any atom is -0.490 e. The maximum absolute atomic E-state index is 13.0. The van der Waals surface area contributed by atoms with Crippen LogP contribution in [0.25, 0.3) is 0 Å². The zero-order chi connectivity index (χ0) is 26.2. The molecule has 1 N–H and O–H groups in total. The average Bonchev–Trinajstić information content (AvgIpc) is 2.84. The van der Waals surface area contributed by atoms with Gasteiger partial charge in [0.2, 0.25) is 0 Å². The monoisotopic (exact) mass is 620 g/mol. The summed E-state index contributed by atoms with van der Waals surface area (Å²) in [5, 5.41) is 2.41. The van der Waals surface area contributed by atoms with Crippen LogP contribution < -0.4 is 32.6 Å². The van der Waals surface area contributed by atoms with Gasteiger partial charge in [0, 0.05) is 5.69 Å². The van der Waals surface area contributed by atoms with E-state index in [2.05, 4.69) is 12.2 Å². The Morgan fingerprint density at radius 3 is 2.14 bits per heavy atom. The molecule has 4 nitrogen and oxygen atoms in total. The highest BCUT2D eigenvalue weighted by Crippen LogP contribution is 2.30. The highest BCUT2D eigenvalue weighted by Gasteiger charge is 2.30. The van der Waals surface area contributed by atoms with Crippen molar-refractivity contribution in [3.05, 3.63) is 57.7 Å². The number of unbranched alkanes of at least 4 members (excludes halogenated alkanes) is 9. The van der Waals surface area contributed by atoms with E-state index in [-0.39, 0.29) is 12.3 Å². The van der Waals surface area contributed by atoms with Crippen molar-refractivity contribution in [3.63, 3.8) is 0 Å². The molecule has 0 saturated carbocycles. The van der Waals surface area contributed by atoms with Gasteiger partial charge in [0.25, 0.3) is 22.6 Å². The quantitative estimate of drug-likeness (QED) is 0.200. The fourth-order valence-electron chi connectivity index (χ4n) is 3.83. The van der Waals surface area contributed by atoms with Gasteiger partial charge in [-0.05, 0) is 55.3 Å². The van der Waals surface area contributed by atoms with Gasteiger partial charge in [0.05, 0.1) is 5.56 Å². The molecule has 0 aliphatic rings. The van der Waals surface area contributed by atoms with Crippen molar-refractivity contribution >= 4 is 11.8 Å². The van der Waals surface area contributed by atoms with Gasteiger partial charge in [-0.3, -0.25) is 5.32 Å². The van der Waals surface area contributed by atoms with Gasteiger partial charge < -0.3 is 9.47 Å². The summed E-state index contributed by atoms with van der Waals surface area (Å²) in [5.74, 6) is 0.678. The van der Waals surface area contributed by atoms with Crippen molar-refractivity contribution in [1.29, 1.82) is 0 Å². The highest BCUT2D eigenvalue weighted by molar-refractivity contribution is 5.84. The van der Waals surface area contributed by atoms with E-state index >= 15 is 0 Å². The Labute approximate surface area is 226 Å². The number of halogens is 4. The van der Waals surface area contributed by atoms with Gasteiger partial charge in [-0.15, -0.1) is 0 Å². The van der Waals surface area contributed by atoms with Crippen LogP contribution in [0.5, 0.6) is 5.75 Å². The minimum atomic E-state index is -4.48. The summed E-state index contributed by atoms with van der Waals surface area (Å²) in [7, 11) is 0. The Balaban J connectivity index is 1.82. The molecular weight excluding hydrogens is 582 g/mol. The third kappa shape index (κ3) is 12.8. The predicted molar refractivity (Wildman–Crippen MR) is 134 cm³/mol. The summed E-state index contributed by atoms with van der Waals surface area (Å²) in [5.41, 5.74) is -0.794. The lowest BCUT2D eigenvalue weighted by atomic mass is 10.0. The van der Waals surface area contributed by atoms with Crippen molar-refractivity contribution < 1.29 is 50.0 Å². The second kappa shape index (κ2) is 16.7. The lowest BCUT2D eigenvalue weighted by Crippen LogP contribution is -3.34. The first-order valence-corrected chi connectivity index (χ1v) is 14.0. The summed E-state index contributed by atoms with van der Waals surface area (Å²) in [6, 6.07) is 12.1. The molecule has 0 bridgehead atoms. The molecule has 0 heterocycles. The number of hydrogen-bond donors (Lipinski definition) is 1. The summed E-state index contributed by atoms with van der Waals surface area (Å²) < 4.78 is 51.4. The lowest BCUT2D eigenvalue weighted by molar-refractivity contribution is -0.328. The summed E-state index contributed by atoms with van der Waals surface area (Å²) >= 11 is 1.91. The SMILES string of the molecule is CCCCCCCCCCCCC(COc1ccc([IH+])cc1)OC(=O)Nc1cccc(C(F)(F)F)c1. The number of alkyl halides is 3. The molecular formula is C28H38F3INO3+. The smallest absolute Gasteiger partial charge is 0.416 e. The van der Waals surface area contributed by atoms with Gasteiger partial charge in [0.15, 0.2) is 3.57 Å². The molecule has 1 amide bonds. The van der Waals surface area contributed by atoms with E-state index in [1.54, 1.807) is 0 Å². The van der Waals surface area contributed by atoms with E-state index < -0.39 is 23.9 Å². The van der Waals surface area contributed by atoms with E-state index in [9.17, 15) is 18.0 Å². The Morgan fingerprint density at radius 1 is 0.917 bits per heavy atom. The number of amides is 1. The highest BCUT2D eigenvalue weighted by atomic mass is 127. The normalized spacial score (nSPS) is 12.2. The zero-order valence-electron chi connectivity index (χ0n) is 20.9. The standard InChI is InChI=1S/C28H37F3INO3/c1-2-3-4-5-6-7-8-9-10-11-15-26(21-35-25-18-16-23(32)17-19-25)36-27(34)33-24-14-12-13-22(20-24)28(29,30)31/h12-14,16-20,26,32H,2-11,15,21H2,1H3/p+1. The van der Waals surface area contributed by atoms with Crippen molar-refractivity contribution in [3.8, 4) is 5.75 Å². The van der Waals surface area contributed by atoms with Crippen LogP contribution in [0.2, 0.25) is 0 Å². The van der Waals surface area contributed by atoms with E-state index in [1.807, 2.05) is 46.9 Å². The molecule has 1 atom stereocenters. The zero-order valence-corrected chi connectivity index (χ0v) is 23.3. The molecule has 0 saturated heterocycles. The molecule has 0 spiro atoms. The first-order valence-electron chi connectivity index (χ1n) is 12.8. The predicted octanol–water partition coefficient (Wildman–Crippen LogP) is 5.47. The summed E-state index contributed by atoms with van der Waals surface area (Å²) in [6.45, 7) is 2.40. The lowest BCUT2D eigenvalue weighted by Gasteiger charge is -2.19. The van der Waals surface area contributed by atoms with Gasteiger partial charge in [-0.1, -0.05) is 70.8 Å². The Bertz CT molecular complexity index is 890. The molecule has 2 rings (SSSR count). The molecule has 0 aromatic heterocycles. The van der Waals surface area contributed by atoms with Crippen molar-refractivity contribution in [2.45, 2.75) is 89.8 Å². The average molecular weight is 621 g/mol. The van der Waals surface area contributed by atoms with E-state index in [0.29, 0.717) is 12.2 Å². The molecule has 200 valence electrons. The van der Waals surface area contributed by atoms with Crippen molar-refractivity contribution in [2.24, 2.45) is 0 Å². The molecule has 2 aromatic carbocycles. The maximum atomic E-state index is 13.0. The number of ether oxygens (including phenoxy) is 2. The van der Waals surface area contributed by atoms with Crippen LogP contribution in [-0.4, -0.2) is 18.8 Å². The van der Waals surface area contributed by atoms with Crippen LogP contribution in [0.15, 0.2) is 48.5 Å². The Kier molecular flexibility index (Phi) is 14.0. The van der Waals surface area contributed by atoms with Gasteiger partial charge in [-0.2, -0.15) is 13.2 Å². The first kappa shape index (κ1) is 30.3. The molecule has 0 radical (unpaired) electrons. The summed E-state index contributed by atoms with van der Waals surface area (Å²) in [6.07, 6.45) is 6.83. The van der Waals surface area contributed by atoms with Crippen LogP contribution >= 0.6 is 0 Å². The molecule has 1 unspecified atom stereocenters. The number of anilines is 1.